The zero-order valence-electron chi connectivity index (χ0n) is 20.2. The number of halogens is 1. The van der Waals surface area contributed by atoms with Gasteiger partial charge >= 0.3 is 3.98 Å². The van der Waals surface area contributed by atoms with Gasteiger partial charge in [-0.25, -0.2) is 4.79 Å². The molecule has 0 aromatic heterocycles. The second-order valence-electron chi connectivity index (χ2n) is 13.3. The van der Waals surface area contributed by atoms with Gasteiger partial charge in [-0.15, -0.1) is 0 Å². The van der Waals surface area contributed by atoms with Gasteiger partial charge in [-0.2, -0.15) is 0 Å². The Labute approximate surface area is 203 Å². The van der Waals surface area contributed by atoms with Gasteiger partial charge in [0, 0.05) is 11.0 Å². The molecule has 5 aliphatic rings. The molecule has 0 saturated heterocycles. The normalized spacial score (nSPS) is 53.4. The number of rotatable bonds is 1. The first kappa shape index (κ1) is 22.9. The first-order valence-electron chi connectivity index (χ1n) is 13.2. The van der Waals surface area contributed by atoms with E-state index in [1.54, 1.807) is 0 Å². The van der Waals surface area contributed by atoms with Crippen molar-refractivity contribution in [3.8, 4) is 0 Å². The summed E-state index contributed by atoms with van der Waals surface area (Å²) in [5, 5.41) is 0. The summed E-state index contributed by atoms with van der Waals surface area (Å²) >= 11 is 1.81. The summed E-state index contributed by atoms with van der Waals surface area (Å²) in [6.07, 6.45) is 15.8. The van der Waals surface area contributed by atoms with Crippen molar-refractivity contribution >= 4 is 26.6 Å². The number of ether oxygens (including phenoxy) is 1. The number of carbonyl (C=O) groups excluding carboxylic acids is 1. The molecule has 0 heterocycles. The molecule has 176 valence electrons. The molecule has 0 bridgehead atoms. The topological polar surface area (TPSA) is 52.3 Å². The Bertz CT molecular complexity index is 739. The summed E-state index contributed by atoms with van der Waals surface area (Å²) < 4.78 is 5.74. The molecular weight excluding hydrogens is 497 g/mol. The molecule has 5 fully saturated rings. The van der Waals surface area contributed by atoms with Crippen molar-refractivity contribution in [1.82, 2.24) is 0 Å². The van der Waals surface area contributed by atoms with Gasteiger partial charge in [0.15, 0.2) is 0 Å². The van der Waals surface area contributed by atoms with Crippen LogP contribution in [0, 0.1) is 45.8 Å². The minimum atomic E-state index is -0.136. The SMILES string of the molecule is CC1(C)[C@@H](OC(=O)I)CC[C@]2(C)[C@H]3CCC4[C@H]5CCC[C@]5(N)CC[C@@]4(C)[C@H]3CCC[C@@H]12. The third kappa shape index (κ3) is 3.30. The van der Waals surface area contributed by atoms with Crippen molar-refractivity contribution in [2.75, 3.05) is 0 Å². The molecular formula is C27H44INO2. The molecule has 0 amide bonds. The van der Waals surface area contributed by atoms with Crippen molar-refractivity contribution < 1.29 is 9.53 Å². The molecule has 9 atom stereocenters. The molecule has 5 rings (SSSR count). The second kappa shape index (κ2) is 7.58. The van der Waals surface area contributed by atoms with E-state index < -0.39 is 0 Å². The van der Waals surface area contributed by atoms with Gasteiger partial charge in [-0.05, 0) is 105 Å². The van der Waals surface area contributed by atoms with Crippen LogP contribution < -0.4 is 5.73 Å². The first-order valence-corrected chi connectivity index (χ1v) is 14.3. The molecule has 5 aliphatic carbocycles. The van der Waals surface area contributed by atoms with Gasteiger partial charge in [-0.3, -0.25) is 0 Å². The van der Waals surface area contributed by atoms with Gasteiger partial charge in [0.25, 0.3) is 0 Å². The maximum absolute atomic E-state index is 11.8. The van der Waals surface area contributed by atoms with E-state index in [1.165, 1.54) is 70.6 Å². The fourth-order valence-electron chi connectivity index (χ4n) is 10.6. The minimum absolute atomic E-state index is 0.0604. The molecule has 1 unspecified atom stereocenters. The Morgan fingerprint density at radius 2 is 1.42 bits per heavy atom. The summed E-state index contributed by atoms with van der Waals surface area (Å²) in [4.78, 5) is 11.8. The molecule has 0 aliphatic heterocycles. The molecule has 0 aromatic rings. The highest BCUT2D eigenvalue weighted by Gasteiger charge is 2.64. The highest BCUT2D eigenvalue weighted by atomic mass is 127. The number of fused-ring (bicyclic) bond motifs is 7. The summed E-state index contributed by atoms with van der Waals surface area (Å²) in [6.45, 7) is 10.1. The highest BCUT2D eigenvalue weighted by molar-refractivity contribution is 14.1. The zero-order valence-corrected chi connectivity index (χ0v) is 22.4. The quantitative estimate of drug-likeness (QED) is 0.276. The van der Waals surface area contributed by atoms with E-state index in [0.717, 1.165) is 30.1 Å². The minimum Gasteiger partial charge on any atom is -0.454 e. The van der Waals surface area contributed by atoms with Gasteiger partial charge in [0.2, 0.25) is 0 Å². The van der Waals surface area contributed by atoms with Crippen LogP contribution in [0.3, 0.4) is 0 Å². The predicted octanol–water partition coefficient (Wildman–Crippen LogP) is 7.49. The van der Waals surface area contributed by atoms with Crippen molar-refractivity contribution in [3.05, 3.63) is 0 Å². The standard InChI is InChI=1S/C27H44INO2/c1-24(2)21-9-5-7-17-18(26(21,4)14-12-22(24)31-23(28)30)10-11-19-20-8-6-13-27(20,29)16-15-25(17,19)3/h17-22H,5-16,29H2,1-4H3/t17-,18-,19?,20+,21-,22-,25-,26+,27-/m0/s1. The van der Waals surface area contributed by atoms with E-state index in [9.17, 15) is 4.79 Å². The Morgan fingerprint density at radius 3 is 2.13 bits per heavy atom. The average molecular weight is 542 g/mol. The summed E-state index contributed by atoms with van der Waals surface area (Å²) in [5.74, 6) is 3.94. The zero-order chi connectivity index (χ0) is 22.2. The van der Waals surface area contributed by atoms with E-state index in [-0.39, 0.29) is 21.0 Å². The molecule has 3 nitrogen and oxygen atoms in total. The van der Waals surface area contributed by atoms with Crippen LogP contribution in [0.15, 0.2) is 0 Å². The molecule has 31 heavy (non-hydrogen) atoms. The molecule has 2 N–H and O–H groups in total. The van der Waals surface area contributed by atoms with E-state index in [1.807, 2.05) is 22.6 Å². The Balaban J connectivity index is 1.47. The predicted molar refractivity (Wildman–Crippen MR) is 134 cm³/mol. The smallest absolute Gasteiger partial charge is 0.367 e. The largest absolute Gasteiger partial charge is 0.454 e. The van der Waals surface area contributed by atoms with E-state index in [0.29, 0.717) is 16.7 Å². The number of hydrogen-bond donors (Lipinski definition) is 1. The van der Waals surface area contributed by atoms with Crippen molar-refractivity contribution in [2.24, 2.45) is 51.6 Å². The third-order valence-corrected chi connectivity index (χ3v) is 12.3. The third-order valence-electron chi connectivity index (χ3n) is 12.0. The van der Waals surface area contributed by atoms with E-state index >= 15 is 0 Å². The summed E-state index contributed by atoms with van der Waals surface area (Å²) in [5.41, 5.74) is 8.08. The van der Waals surface area contributed by atoms with Crippen LogP contribution >= 0.6 is 22.6 Å². The van der Waals surface area contributed by atoms with Gasteiger partial charge < -0.3 is 10.5 Å². The fourth-order valence-corrected chi connectivity index (χ4v) is 10.9. The number of nitrogens with two attached hydrogens (primary N) is 1. The Morgan fingerprint density at radius 1 is 0.774 bits per heavy atom. The highest BCUT2D eigenvalue weighted by Crippen LogP contribution is 2.70. The van der Waals surface area contributed by atoms with Crippen LogP contribution in [0.1, 0.15) is 105 Å². The molecule has 0 aromatic carbocycles. The van der Waals surface area contributed by atoms with Crippen molar-refractivity contribution in [3.63, 3.8) is 0 Å². The van der Waals surface area contributed by atoms with E-state index in [4.69, 9.17) is 10.5 Å². The maximum atomic E-state index is 11.8. The molecule has 4 heteroatoms. The lowest BCUT2D eigenvalue weighted by atomic mass is 9.41. The average Bonchev–Trinajstić information content (AvgIpc) is 3.00. The van der Waals surface area contributed by atoms with Crippen molar-refractivity contribution in [1.29, 1.82) is 0 Å². The maximum Gasteiger partial charge on any atom is 0.367 e. The molecule has 0 radical (unpaired) electrons. The van der Waals surface area contributed by atoms with Crippen LogP contribution in [0.2, 0.25) is 0 Å². The van der Waals surface area contributed by atoms with Crippen molar-refractivity contribution in [2.45, 2.75) is 116 Å². The van der Waals surface area contributed by atoms with Crippen LogP contribution in [0.5, 0.6) is 0 Å². The van der Waals surface area contributed by atoms with Crippen LogP contribution in [0.25, 0.3) is 0 Å². The Hall–Kier alpha value is 0.160. The fraction of sp³-hybridized carbons (Fsp3) is 0.963. The van der Waals surface area contributed by atoms with Gasteiger partial charge in [0.05, 0.1) is 22.6 Å². The van der Waals surface area contributed by atoms with Crippen LogP contribution in [-0.2, 0) is 4.74 Å². The Kier molecular flexibility index (Phi) is 5.61. The summed E-state index contributed by atoms with van der Waals surface area (Å²) in [6, 6.07) is 0. The van der Waals surface area contributed by atoms with Crippen LogP contribution in [0.4, 0.5) is 4.79 Å². The first-order chi connectivity index (χ1) is 14.5. The van der Waals surface area contributed by atoms with Crippen LogP contribution in [-0.4, -0.2) is 15.6 Å². The number of carbonyl (C=O) groups is 1. The van der Waals surface area contributed by atoms with Gasteiger partial charge in [-0.1, -0.05) is 40.5 Å². The lowest BCUT2D eigenvalue weighted by molar-refractivity contribution is -0.161. The van der Waals surface area contributed by atoms with Gasteiger partial charge in [0.1, 0.15) is 6.10 Å². The molecule has 0 spiro atoms. The molecule has 5 saturated carbocycles. The monoisotopic (exact) mass is 541 g/mol. The second-order valence-corrected chi connectivity index (χ2v) is 14.2. The lowest BCUT2D eigenvalue weighted by Crippen LogP contribution is -2.61. The summed E-state index contributed by atoms with van der Waals surface area (Å²) in [7, 11) is 0. The lowest BCUT2D eigenvalue weighted by Gasteiger charge is -2.64. The number of hydrogen-bond acceptors (Lipinski definition) is 3. The van der Waals surface area contributed by atoms with E-state index in [2.05, 4.69) is 27.7 Å².